The van der Waals surface area contributed by atoms with Crippen LogP contribution in [0, 0.1) is 6.92 Å². The average Bonchev–Trinajstić information content (AvgIpc) is 2.88. The fourth-order valence-corrected chi connectivity index (χ4v) is 4.36. The zero-order valence-corrected chi connectivity index (χ0v) is 19.8. The molecule has 35 heavy (non-hydrogen) atoms. The standard InChI is InChI=1S/C30H22ClNO3/c1-19-15-16-23(18-26(19)31)32-29(33)28(20-9-3-2-4-10-20)35-30(34)27-24-13-7-5-11-21(24)17-22-12-6-8-14-25(22)27/h2-18,28H,1H3,(H,32,33). The highest BCUT2D eigenvalue weighted by Crippen LogP contribution is 2.31. The zero-order chi connectivity index (χ0) is 24.4. The van der Waals surface area contributed by atoms with Gasteiger partial charge in [-0.05, 0) is 52.2 Å². The third kappa shape index (κ3) is 4.61. The van der Waals surface area contributed by atoms with Crippen molar-refractivity contribution in [1.82, 2.24) is 0 Å². The second kappa shape index (κ2) is 9.61. The minimum Gasteiger partial charge on any atom is -0.444 e. The molecule has 0 saturated carbocycles. The minimum absolute atomic E-state index is 0.436. The number of carbonyl (C=O) groups excluding carboxylic acids is 2. The molecule has 5 heteroatoms. The van der Waals surface area contributed by atoms with Gasteiger partial charge in [0.1, 0.15) is 0 Å². The normalized spacial score (nSPS) is 11.8. The van der Waals surface area contributed by atoms with Crippen molar-refractivity contribution >= 4 is 50.7 Å². The Labute approximate surface area is 208 Å². The molecule has 0 spiro atoms. The summed E-state index contributed by atoms with van der Waals surface area (Å²) in [5.74, 6) is -1.03. The van der Waals surface area contributed by atoms with Crippen LogP contribution in [0.25, 0.3) is 21.5 Å². The molecule has 0 fully saturated rings. The van der Waals surface area contributed by atoms with Gasteiger partial charge in [-0.3, -0.25) is 4.79 Å². The maximum atomic E-state index is 13.7. The van der Waals surface area contributed by atoms with E-state index in [-0.39, 0.29) is 0 Å². The van der Waals surface area contributed by atoms with E-state index in [0.29, 0.717) is 21.8 Å². The van der Waals surface area contributed by atoms with Crippen LogP contribution >= 0.6 is 11.6 Å². The molecule has 172 valence electrons. The molecule has 0 bridgehead atoms. The van der Waals surface area contributed by atoms with Crippen molar-refractivity contribution < 1.29 is 14.3 Å². The van der Waals surface area contributed by atoms with E-state index in [9.17, 15) is 9.59 Å². The maximum Gasteiger partial charge on any atom is 0.340 e. The predicted octanol–water partition coefficient (Wildman–Crippen LogP) is 7.49. The van der Waals surface area contributed by atoms with E-state index in [4.69, 9.17) is 16.3 Å². The van der Waals surface area contributed by atoms with E-state index in [2.05, 4.69) is 5.32 Å². The van der Waals surface area contributed by atoms with Gasteiger partial charge in [0, 0.05) is 16.3 Å². The summed E-state index contributed by atoms with van der Waals surface area (Å²) in [6.45, 7) is 1.89. The van der Waals surface area contributed by atoms with Gasteiger partial charge in [-0.15, -0.1) is 0 Å². The summed E-state index contributed by atoms with van der Waals surface area (Å²) in [5.41, 5.74) is 2.43. The lowest BCUT2D eigenvalue weighted by molar-refractivity contribution is -0.125. The Morgan fingerprint density at radius 2 is 1.37 bits per heavy atom. The minimum atomic E-state index is -1.15. The van der Waals surface area contributed by atoms with Gasteiger partial charge in [0.05, 0.1) is 5.56 Å². The van der Waals surface area contributed by atoms with E-state index in [0.717, 1.165) is 27.1 Å². The summed E-state index contributed by atoms with van der Waals surface area (Å²) in [4.78, 5) is 27.1. The molecule has 0 saturated heterocycles. The van der Waals surface area contributed by atoms with E-state index in [1.165, 1.54) is 0 Å². The molecular formula is C30H22ClNO3. The van der Waals surface area contributed by atoms with Gasteiger partial charge in [-0.1, -0.05) is 96.5 Å². The number of hydrogen-bond acceptors (Lipinski definition) is 3. The van der Waals surface area contributed by atoms with Gasteiger partial charge in [-0.25, -0.2) is 4.79 Å². The lowest BCUT2D eigenvalue weighted by atomic mass is 9.97. The largest absolute Gasteiger partial charge is 0.444 e. The molecule has 0 radical (unpaired) electrons. The van der Waals surface area contributed by atoms with Gasteiger partial charge in [0.25, 0.3) is 5.91 Å². The summed E-state index contributed by atoms with van der Waals surface area (Å²) in [6, 6.07) is 31.6. The molecule has 1 amide bonds. The fraction of sp³-hybridized carbons (Fsp3) is 0.0667. The van der Waals surface area contributed by atoms with Gasteiger partial charge in [-0.2, -0.15) is 0 Å². The Bertz CT molecular complexity index is 1510. The van der Waals surface area contributed by atoms with Crippen LogP contribution in [0.4, 0.5) is 5.69 Å². The Morgan fingerprint density at radius 1 is 0.771 bits per heavy atom. The molecule has 0 aliphatic rings. The third-order valence-corrected chi connectivity index (χ3v) is 6.39. The SMILES string of the molecule is Cc1ccc(NC(=O)C(OC(=O)c2c3ccccc3cc3ccccc23)c2ccccc2)cc1Cl. The molecule has 4 nitrogen and oxygen atoms in total. The van der Waals surface area contributed by atoms with Crippen molar-refractivity contribution in [2.24, 2.45) is 0 Å². The molecule has 1 N–H and O–H groups in total. The first kappa shape index (κ1) is 22.6. The van der Waals surface area contributed by atoms with Gasteiger partial charge >= 0.3 is 5.97 Å². The van der Waals surface area contributed by atoms with Crippen LogP contribution in [0.5, 0.6) is 0 Å². The lowest BCUT2D eigenvalue weighted by Crippen LogP contribution is -2.26. The number of halogens is 1. The lowest BCUT2D eigenvalue weighted by Gasteiger charge is -2.20. The van der Waals surface area contributed by atoms with Crippen LogP contribution in [0.3, 0.4) is 0 Å². The molecule has 0 aliphatic carbocycles. The number of esters is 1. The van der Waals surface area contributed by atoms with E-state index in [1.54, 1.807) is 36.4 Å². The Hall–Kier alpha value is -4.15. The number of amides is 1. The predicted molar refractivity (Wildman–Crippen MR) is 141 cm³/mol. The number of fused-ring (bicyclic) bond motifs is 2. The Morgan fingerprint density at radius 3 is 2.00 bits per heavy atom. The summed E-state index contributed by atoms with van der Waals surface area (Å²) < 4.78 is 5.94. The quantitative estimate of drug-likeness (QED) is 0.210. The van der Waals surface area contributed by atoms with Crippen molar-refractivity contribution in [2.75, 3.05) is 5.32 Å². The van der Waals surface area contributed by atoms with Crippen LogP contribution in [0.15, 0.2) is 103 Å². The molecule has 0 aromatic heterocycles. The van der Waals surface area contributed by atoms with Gasteiger partial charge in [0.15, 0.2) is 0 Å². The summed E-state index contributed by atoms with van der Waals surface area (Å²) in [5, 5.41) is 6.77. The number of anilines is 1. The highest BCUT2D eigenvalue weighted by Gasteiger charge is 2.27. The number of aryl methyl sites for hydroxylation is 1. The van der Waals surface area contributed by atoms with Crippen LogP contribution in [0.2, 0.25) is 5.02 Å². The molecule has 0 aliphatic heterocycles. The van der Waals surface area contributed by atoms with Gasteiger partial charge < -0.3 is 10.1 Å². The first-order chi connectivity index (χ1) is 17.0. The van der Waals surface area contributed by atoms with Crippen LogP contribution in [-0.4, -0.2) is 11.9 Å². The van der Waals surface area contributed by atoms with Crippen molar-refractivity contribution in [2.45, 2.75) is 13.0 Å². The first-order valence-corrected chi connectivity index (χ1v) is 11.6. The number of rotatable bonds is 5. The number of carbonyl (C=O) groups is 2. The van der Waals surface area contributed by atoms with Crippen LogP contribution in [0.1, 0.15) is 27.6 Å². The molecule has 1 atom stereocenters. The second-order valence-corrected chi connectivity index (χ2v) is 8.75. The molecule has 5 rings (SSSR count). The molecule has 0 heterocycles. The summed E-state index contributed by atoms with van der Waals surface area (Å²) in [7, 11) is 0. The van der Waals surface area contributed by atoms with Crippen LogP contribution in [-0.2, 0) is 9.53 Å². The van der Waals surface area contributed by atoms with Gasteiger partial charge in [0.2, 0.25) is 6.10 Å². The highest BCUT2D eigenvalue weighted by atomic mass is 35.5. The third-order valence-electron chi connectivity index (χ3n) is 5.98. The topological polar surface area (TPSA) is 55.4 Å². The monoisotopic (exact) mass is 479 g/mol. The number of benzene rings is 5. The number of ether oxygens (including phenoxy) is 1. The van der Waals surface area contributed by atoms with Crippen LogP contribution < -0.4 is 5.32 Å². The number of hydrogen-bond donors (Lipinski definition) is 1. The van der Waals surface area contributed by atoms with E-state index in [1.807, 2.05) is 73.7 Å². The number of nitrogens with one attached hydrogen (secondary N) is 1. The van der Waals surface area contributed by atoms with E-state index < -0.39 is 18.0 Å². The molecule has 5 aromatic rings. The average molecular weight is 480 g/mol. The van der Waals surface area contributed by atoms with Crippen molar-refractivity contribution in [3.8, 4) is 0 Å². The van der Waals surface area contributed by atoms with Crippen molar-refractivity contribution in [3.05, 3.63) is 125 Å². The Balaban J connectivity index is 1.55. The molecular weight excluding hydrogens is 458 g/mol. The van der Waals surface area contributed by atoms with Crippen molar-refractivity contribution in [3.63, 3.8) is 0 Å². The smallest absolute Gasteiger partial charge is 0.340 e. The Kier molecular flexibility index (Phi) is 6.21. The zero-order valence-electron chi connectivity index (χ0n) is 19.0. The summed E-state index contributed by atoms with van der Waals surface area (Å²) in [6.07, 6.45) is -1.15. The molecule has 1 unspecified atom stereocenters. The second-order valence-electron chi connectivity index (χ2n) is 8.34. The first-order valence-electron chi connectivity index (χ1n) is 11.2. The summed E-state index contributed by atoms with van der Waals surface area (Å²) >= 11 is 6.23. The fourth-order valence-electron chi connectivity index (χ4n) is 4.18. The maximum absolute atomic E-state index is 13.7. The molecule has 5 aromatic carbocycles. The van der Waals surface area contributed by atoms with Crippen molar-refractivity contribution in [1.29, 1.82) is 0 Å². The highest BCUT2D eigenvalue weighted by molar-refractivity contribution is 6.31. The van der Waals surface area contributed by atoms with E-state index >= 15 is 0 Å².